The third kappa shape index (κ3) is 3.70. The first-order chi connectivity index (χ1) is 14.3. The van der Waals surface area contributed by atoms with Crippen molar-refractivity contribution in [2.45, 2.75) is 32.1 Å². The zero-order valence-corrected chi connectivity index (χ0v) is 16.2. The second-order valence-corrected chi connectivity index (χ2v) is 7.46. The molecule has 0 spiro atoms. The molecule has 6 heteroatoms. The van der Waals surface area contributed by atoms with Gasteiger partial charge in [-0.25, -0.2) is 4.98 Å². The molecule has 5 rings (SSSR count). The van der Waals surface area contributed by atoms with Crippen LogP contribution in [0.15, 0.2) is 53.2 Å². The quantitative estimate of drug-likeness (QED) is 0.546. The standard InChI is InChI=1S/C23H23N3O3/c27-23(24-11-10-16-14-26-12-4-3-7-22(26)25-16)15-28-17-8-9-21-19(13-17)18-5-1-2-6-20(18)29-21/h3-4,7-9,12-14H,1-2,5-6,10-11,15H2,(H,24,27). The number of hydrogen-bond acceptors (Lipinski definition) is 4. The van der Waals surface area contributed by atoms with Crippen LogP contribution in [-0.4, -0.2) is 28.4 Å². The number of rotatable bonds is 6. The van der Waals surface area contributed by atoms with Crippen molar-refractivity contribution in [3.63, 3.8) is 0 Å². The highest BCUT2D eigenvalue weighted by Gasteiger charge is 2.18. The predicted molar refractivity (Wildman–Crippen MR) is 110 cm³/mol. The molecule has 1 amide bonds. The maximum atomic E-state index is 12.1. The monoisotopic (exact) mass is 389 g/mol. The van der Waals surface area contributed by atoms with Crippen LogP contribution in [-0.2, 0) is 24.1 Å². The molecular formula is C23H23N3O3. The van der Waals surface area contributed by atoms with Crippen LogP contribution in [0.3, 0.4) is 0 Å². The number of fused-ring (bicyclic) bond motifs is 4. The third-order valence-electron chi connectivity index (χ3n) is 5.41. The number of nitrogens with one attached hydrogen (secondary N) is 1. The molecule has 1 N–H and O–H groups in total. The molecule has 0 saturated heterocycles. The van der Waals surface area contributed by atoms with Crippen molar-refractivity contribution in [2.24, 2.45) is 0 Å². The number of amides is 1. The highest BCUT2D eigenvalue weighted by atomic mass is 16.5. The number of carbonyl (C=O) groups excluding carboxylic acids is 1. The highest BCUT2D eigenvalue weighted by Crippen LogP contribution is 2.33. The molecule has 0 saturated carbocycles. The van der Waals surface area contributed by atoms with Crippen LogP contribution in [0.1, 0.15) is 29.9 Å². The molecule has 6 nitrogen and oxygen atoms in total. The van der Waals surface area contributed by atoms with Gasteiger partial charge in [-0.15, -0.1) is 0 Å². The fourth-order valence-electron chi connectivity index (χ4n) is 3.97. The average Bonchev–Trinajstić information content (AvgIpc) is 3.32. The van der Waals surface area contributed by atoms with E-state index in [0.29, 0.717) is 18.7 Å². The number of nitrogens with zero attached hydrogens (tertiary/aromatic N) is 2. The van der Waals surface area contributed by atoms with E-state index in [1.54, 1.807) is 0 Å². The Hall–Kier alpha value is -3.28. The number of hydrogen-bond donors (Lipinski definition) is 1. The highest BCUT2D eigenvalue weighted by molar-refractivity contribution is 5.84. The van der Waals surface area contributed by atoms with Gasteiger partial charge < -0.3 is 18.9 Å². The van der Waals surface area contributed by atoms with Gasteiger partial charge in [0.15, 0.2) is 6.61 Å². The summed E-state index contributed by atoms with van der Waals surface area (Å²) < 4.78 is 13.6. The minimum atomic E-state index is -0.136. The Bertz CT molecular complexity index is 1140. The number of imidazole rings is 1. The lowest BCUT2D eigenvalue weighted by Gasteiger charge is -2.09. The summed E-state index contributed by atoms with van der Waals surface area (Å²) >= 11 is 0. The van der Waals surface area contributed by atoms with Crippen LogP contribution in [0.4, 0.5) is 0 Å². The molecule has 1 aliphatic carbocycles. The Morgan fingerprint density at radius 3 is 3.07 bits per heavy atom. The summed E-state index contributed by atoms with van der Waals surface area (Å²) in [6.07, 6.45) is 9.07. The van der Waals surface area contributed by atoms with E-state index in [-0.39, 0.29) is 12.5 Å². The summed E-state index contributed by atoms with van der Waals surface area (Å²) in [6, 6.07) is 11.7. The largest absolute Gasteiger partial charge is 0.484 e. The van der Waals surface area contributed by atoms with Crippen LogP contribution in [0.2, 0.25) is 0 Å². The van der Waals surface area contributed by atoms with Gasteiger partial charge in [-0.3, -0.25) is 4.79 Å². The van der Waals surface area contributed by atoms with Crippen molar-refractivity contribution in [1.29, 1.82) is 0 Å². The van der Waals surface area contributed by atoms with Gasteiger partial charge >= 0.3 is 0 Å². The summed E-state index contributed by atoms with van der Waals surface area (Å²) in [7, 11) is 0. The summed E-state index contributed by atoms with van der Waals surface area (Å²) in [5.74, 6) is 1.67. The maximum Gasteiger partial charge on any atom is 0.257 e. The second-order valence-electron chi connectivity index (χ2n) is 7.46. The SMILES string of the molecule is O=C(COc1ccc2oc3c(c2c1)CCCC3)NCCc1cn2ccccc2n1. The minimum absolute atomic E-state index is 0.00326. The van der Waals surface area contributed by atoms with Crippen molar-refractivity contribution in [3.8, 4) is 5.75 Å². The van der Waals surface area contributed by atoms with E-state index >= 15 is 0 Å². The molecule has 0 unspecified atom stereocenters. The number of aromatic nitrogens is 2. The first-order valence-electron chi connectivity index (χ1n) is 10.1. The molecule has 1 aromatic carbocycles. The molecule has 148 valence electrons. The Labute approximate surface area is 168 Å². The van der Waals surface area contributed by atoms with Crippen LogP contribution in [0.5, 0.6) is 5.75 Å². The number of ether oxygens (including phenoxy) is 1. The van der Waals surface area contributed by atoms with Gasteiger partial charge in [0, 0.05) is 42.7 Å². The number of aryl methyl sites for hydroxylation is 2. The van der Waals surface area contributed by atoms with Crippen molar-refractivity contribution in [1.82, 2.24) is 14.7 Å². The van der Waals surface area contributed by atoms with Gasteiger partial charge in [0.05, 0.1) is 5.69 Å². The Balaban J connectivity index is 1.15. The van der Waals surface area contributed by atoms with Crippen molar-refractivity contribution in [3.05, 3.63) is 65.8 Å². The fraction of sp³-hybridized carbons (Fsp3) is 0.304. The van der Waals surface area contributed by atoms with Crippen molar-refractivity contribution < 1.29 is 13.9 Å². The summed E-state index contributed by atoms with van der Waals surface area (Å²) in [4.78, 5) is 16.7. The van der Waals surface area contributed by atoms with Gasteiger partial charge in [0.25, 0.3) is 5.91 Å². The molecule has 0 aliphatic heterocycles. The Morgan fingerprint density at radius 1 is 1.21 bits per heavy atom. The van der Waals surface area contributed by atoms with Crippen LogP contribution in [0.25, 0.3) is 16.6 Å². The van der Waals surface area contributed by atoms with Crippen molar-refractivity contribution in [2.75, 3.05) is 13.2 Å². The molecule has 3 heterocycles. The molecule has 0 atom stereocenters. The van der Waals surface area contributed by atoms with E-state index in [1.807, 2.05) is 53.2 Å². The smallest absolute Gasteiger partial charge is 0.257 e. The number of furan rings is 1. The van der Waals surface area contributed by atoms with Gasteiger partial charge in [0.2, 0.25) is 0 Å². The van der Waals surface area contributed by atoms with Gasteiger partial charge in [-0.05, 0) is 49.6 Å². The molecular weight excluding hydrogens is 366 g/mol. The van der Waals surface area contributed by atoms with E-state index < -0.39 is 0 Å². The third-order valence-corrected chi connectivity index (χ3v) is 5.41. The Kier molecular flexibility index (Phi) is 4.68. The molecule has 4 aromatic rings. The number of carbonyl (C=O) groups is 1. The molecule has 0 bridgehead atoms. The van der Waals surface area contributed by atoms with Crippen LogP contribution in [0, 0.1) is 0 Å². The van der Waals surface area contributed by atoms with Gasteiger partial charge in [-0.1, -0.05) is 6.07 Å². The minimum Gasteiger partial charge on any atom is -0.484 e. The fourth-order valence-corrected chi connectivity index (χ4v) is 3.97. The van der Waals surface area contributed by atoms with E-state index in [0.717, 1.165) is 40.9 Å². The zero-order chi connectivity index (χ0) is 19.6. The summed E-state index contributed by atoms with van der Waals surface area (Å²) in [6.45, 7) is 0.525. The first-order valence-corrected chi connectivity index (χ1v) is 10.1. The molecule has 0 radical (unpaired) electrons. The van der Waals surface area contributed by atoms with Crippen molar-refractivity contribution >= 4 is 22.5 Å². The lowest BCUT2D eigenvalue weighted by Crippen LogP contribution is -2.30. The van der Waals surface area contributed by atoms with E-state index in [1.165, 1.54) is 18.4 Å². The Morgan fingerprint density at radius 2 is 2.14 bits per heavy atom. The summed E-state index contributed by atoms with van der Waals surface area (Å²) in [5.41, 5.74) is 4.07. The van der Waals surface area contributed by atoms with Crippen LogP contribution < -0.4 is 10.1 Å². The lowest BCUT2D eigenvalue weighted by atomic mass is 9.96. The molecule has 1 aliphatic rings. The topological polar surface area (TPSA) is 68.8 Å². The predicted octanol–water partition coefficient (Wildman–Crippen LogP) is 3.70. The van der Waals surface area contributed by atoms with E-state index in [4.69, 9.17) is 9.15 Å². The first kappa shape index (κ1) is 17.8. The van der Waals surface area contributed by atoms with E-state index in [9.17, 15) is 4.79 Å². The average molecular weight is 389 g/mol. The maximum absolute atomic E-state index is 12.1. The number of benzene rings is 1. The van der Waals surface area contributed by atoms with Crippen LogP contribution >= 0.6 is 0 Å². The lowest BCUT2D eigenvalue weighted by molar-refractivity contribution is -0.123. The number of pyridine rings is 1. The van der Waals surface area contributed by atoms with Gasteiger partial charge in [0.1, 0.15) is 22.7 Å². The van der Waals surface area contributed by atoms with E-state index in [2.05, 4.69) is 10.3 Å². The van der Waals surface area contributed by atoms with Gasteiger partial charge in [-0.2, -0.15) is 0 Å². The summed E-state index contributed by atoms with van der Waals surface area (Å²) in [5, 5.41) is 4.01. The zero-order valence-electron chi connectivity index (χ0n) is 16.2. The normalized spacial score (nSPS) is 13.5. The second kappa shape index (κ2) is 7.62. The molecule has 29 heavy (non-hydrogen) atoms. The molecule has 0 fully saturated rings. The molecule has 3 aromatic heterocycles.